The van der Waals surface area contributed by atoms with E-state index in [4.69, 9.17) is 10.2 Å². The smallest absolute Gasteiger partial charge is 0.233 e. The van der Waals surface area contributed by atoms with Gasteiger partial charge in [0.2, 0.25) is 5.89 Å². The summed E-state index contributed by atoms with van der Waals surface area (Å²) in [5.74, 6) is 0.638. The third-order valence-electron chi connectivity index (χ3n) is 3.29. The van der Waals surface area contributed by atoms with E-state index in [-0.39, 0.29) is 0 Å². The van der Waals surface area contributed by atoms with Gasteiger partial charge in [-0.2, -0.15) is 0 Å². The van der Waals surface area contributed by atoms with Crippen LogP contribution in [0.2, 0.25) is 0 Å². The van der Waals surface area contributed by atoms with Gasteiger partial charge in [0.25, 0.3) is 0 Å². The van der Waals surface area contributed by atoms with Crippen LogP contribution in [0.1, 0.15) is 18.9 Å². The lowest BCUT2D eigenvalue weighted by atomic mass is 10.2. The van der Waals surface area contributed by atoms with E-state index in [0.29, 0.717) is 11.6 Å². The summed E-state index contributed by atoms with van der Waals surface area (Å²) in [4.78, 5) is 4.55. The molecule has 1 aromatic carbocycles. The molecular weight excluding hydrogens is 250 g/mol. The maximum Gasteiger partial charge on any atom is 0.233 e. The van der Waals surface area contributed by atoms with Crippen molar-refractivity contribution in [3.8, 4) is 11.5 Å². The van der Waals surface area contributed by atoms with E-state index in [2.05, 4.69) is 28.9 Å². The fraction of sp³-hybridized carbons (Fsp3) is 0.250. The number of fused-ring (bicyclic) bond motifs is 1. The number of rotatable bonds is 3. The van der Waals surface area contributed by atoms with Crippen LogP contribution in [-0.2, 0) is 6.54 Å². The fourth-order valence-electron chi connectivity index (χ4n) is 2.40. The molecule has 0 saturated heterocycles. The molecule has 3 rings (SSSR count). The van der Waals surface area contributed by atoms with E-state index in [9.17, 15) is 0 Å². The Hall–Kier alpha value is -2.36. The molecule has 0 radical (unpaired) electrons. The SMILES string of the molecule is CCC[n+]1cccc(-c2nc3cc(N)cc(C)c3o2)c1. The fourth-order valence-corrected chi connectivity index (χ4v) is 2.40. The second-order valence-electron chi connectivity index (χ2n) is 5.04. The number of aryl methyl sites for hydroxylation is 2. The minimum atomic E-state index is 0.638. The number of hydrogen-bond donors (Lipinski definition) is 1. The summed E-state index contributed by atoms with van der Waals surface area (Å²) >= 11 is 0. The van der Waals surface area contributed by atoms with Crippen LogP contribution >= 0.6 is 0 Å². The largest absolute Gasteiger partial charge is 0.436 e. The van der Waals surface area contributed by atoms with Gasteiger partial charge in [0.05, 0.1) is 0 Å². The van der Waals surface area contributed by atoms with Crippen LogP contribution in [0.3, 0.4) is 0 Å². The second kappa shape index (κ2) is 4.96. The van der Waals surface area contributed by atoms with Gasteiger partial charge < -0.3 is 10.2 Å². The van der Waals surface area contributed by atoms with Crippen molar-refractivity contribution in [2.24, 2.45) is 0 Å². The molecule has 2 heterocycles. The van der Waals surface area contributed by atoms with Gasteiger partial charge in [0, 0.05) is 18.2 Å². The highest BCUT2D eigenvalue weighted by Crippen LogP contribution is 2.27. The molecule has 0 fully saturated rings. The first kappa shape index (κ1) is 12.7. The van der Waals surface area contributed by atoms with Crippen LogP contribution in [0, 0.1) is 6.92 Å². The Morgan fingerprint density at radius 1 is 1.35 bits per heavy atom. The molecule has 0 saturated carbocycles. The van der Waals surface area contributed by atoms with Crippen LogP contribution < -0.4 is 10.3 Å². The molecule has 20 heavy (non-hydrogen) atoms. The minimum absolute atomic E-state index is 0.638. The van der Waals surface area contributed by atoms with Crippen molar-refractivity contribution in [3.05, 3.63) is 42.2 Å². The average Bonchev–Trinajstić information content (AvgIpc) is 2.83. The summed E-state index contributed by atoms with van der Waals surface area (Å²) < 4.78 is 8.04. The zero-order valence-electron chi connectivity index (χ0n) is 11.8. The molecule has 0 unspecified atom stereocenters. The molecule has 0 aliphatic heterocycles. The summed E-state index contributed by atoms with van der Waals surface area (Å²) in [6.45, 7) is 5.13. The zero-order valence-corrected chi connectivity index (χ0v) is 11.8. The number of nitrogens with zero attached hydrogens (tertiary/aromatic N) is 2. The minimum Gasteiger partial charge on any atom is -0.436 e. The molecule has 2 aromatic heterocycles. The Bertz CT molecular complexity index is 762. The number of nitrogens with two attached hydrogens (primary N) is 1. The number of benzene rings is 1. The van der Waals surface area contributed by atoms with Gasteiger partial charge >= 0.3 is 0 Å². The molecule has 3 aromatic rings. The Labute approximate surface area is 117 Å². The number of anilines is 1. The summed E-state index contributed by atoms with van der Waals surface area (Å²) in [5, 5.41) is 0. The van der Waals surface area contributed by atoms with Crippen molar-refractivity contribution in [2.45, 2.75) is 26.8 Å². The summed E-state index contributed by atoms with van der Waals surface area (Å²) in [7, 11) is 0. The molecule has 0 bridgehead atoms. The normalized spacial score (nSPS) is 11.1. The van der Waals surface area contributed by atoms with Gasteiger partial charge in [-0.05, 0) is 30.7 Å². The number of pyridine rings is 1. The Morgan fingerprint density at radius 3 is 3.00 bits per heavy atom. The molecule has 2 N–H and O–H groups in total. The maximum atomic E-state index is 5.89. The number of oxazole rings is 1. The van der Waals surface area contributed by atoms with E-state index >= 15 is 0 Å². The summed E-state index contributed by atoms with van der Waals surface area (Å²) in [6, 6.07) is 7.77. The monoisotopic (exact) mass is 268 g/mol. The Morgan fingerprint density at radius 2 is 2.20 bits per heavy atom. The third kappa shape index (κ3) is 2.25. The molecule has 0 aliphatic carbocycles. The van der Waals surface area contributed by atoms with E-state index in [1.54, 1.807) is 0 Å². The third-order valence-corrected chi connectivity index (χ3v) is 3.29. The molecule has 4 heteroatoms. The molecular formula is C16H18N3O+. The van der Waals surface area contributed by atoms with Crippen molar-refractivity contribution >= 4 is 16.8 Å². The van der Waals surface area contributed by atoms with Gasteiger partial charge in [-0.1, -0.05) is 6.92 Å². The first-order valence-corrected chi connectivity index (χ1v) is 6.83. The first-order chi connectivity index (χ1) is 9.67. The average molecular weight is 268 g/mol. The highest BCUT2D eigenvalue weighted by atomic mass is 16.3. The number of nitrogen functional groups attached to an aromatic ring is 1. The molecule has 0 aliphatic rings. The summed E-state index contributed by atoms with van der Waals surface area (Å²) in [6.07, 6.45) is 5.21. The van der Waals surface area contributed by atoms with Gasteiger partial charge in [0.15, 0.2) is 18.0 Å². The van der Waals surface area contributed by atoms with E-state index in [0.717, 1.165) is 35.2 Å². The van der Waals surface area contributed by atoms with Crippen LogP contribution in [0.4, 0.5) is 5.69 Å². The van der Waals surface area contributed by atoms with E-state index in [1.165, 1.54) is 0 Å². The lowest BCUT2D eigenvalue weighted by molar-refractivity contribution is -0.696. The van der Waals surface area contributed by atoms with Crippen molar-refractivity contribution < 1.29 is 8.98 Å². The first-order valence-electron chi connectivity index (χ1n) is 6.83. The topological polar surface area (TPSA) is 55.9 Å². The highest BCUT2D eigenvalue weighted by molar-refractivity contribution is 5.82. The van der Waals surface area contributed by atoms with Gasteiger partial charge in [0.1, 0.15) is 17.6 Å². The maximum absolute atomic E-state index is 5.89. The van der Waals surface area contributed by atoms with Crippen molar-refractivity contribution in [1.82, 2.24) is 4.98 Å². The number of aromatic nitrogens is 2. The van der Waals surface area contributed by atoms with Gasteiger partial charge in [-0.3, -0.25) is 0 Å². The lowest BCUT2D eigenvalue weighted by Crippen LogP contribution is -2.32. The van der Waals surface area contributed by atoms with Crippen LogP contribution in [0.25, 0.3) is 22.6 Å². The molecule has 4 nitrogen and oxygen atoms in total. The predicted molar refractivity (Wildman–Crippen MR) is 79.1 cm³/mol. The Kier molecular flexibility index (Phi) is 3.14. The number of hydrogen-bond acceptors (Lipinski definition) is 3. The van der Waals surface area contributed by atoms with E-state index < -0.39 is 0 Å². The predicted octanol–water partition coefficient (Wildman–Crippen LogP) is 3.08. The van der Waals surface area contributed by atoms with Crippen molar-refractivity contribution in [3.63, 3.8) is 0 Å². The van der Waals surface area contributed by atoms with Crippen LogP contribution in [0.15, 0.2) is 41.1 Å². The highest BCUT2D eigenvalue weighted by Gasteiger charge is 2.13. The van der Waals surface area contributed by atoms with Crippen molar-refractivity contribution in [1.29, 1.82) is 0 Å². The molecule has 0 amide bonds. The lowest BCUT2D eigenvalue weighted by Gasteiger charge is -1.96. The van der Waals surface area contributed by atoms with Gasteiger partial charge in [-0.25, -0.2) is 9.55 Å². The van der Waals surface area contributed by atoms with Gasteiger partial charge in [-0.15, -0.1) is 0 Å². The van der Waals surface area contributed by atoms with Crippen LogP contribution in [-0.4, -0.2) is 4.98 Å². The van der Waals surface area contributed by atoms with Crippen LogP contribution in [0.5, 0.6) is 0 Å². The summed E-state index contributed by atoms with van der Waals surface area (Å²) in [5.41, 5.74) is 10.2. The standard InChI is InChI=1S/C16H18N3O/c1-3-6-19-7-4-5-12(10-19)16-18-14-9-13(17)8-11(2)15(14)20-16/h4-5,7-10H,3,6,17H2,1-2H3/q+1. The zero-order chi connectivity index (χ0) is 14.1. The van der Waals surface area contributed by atoms with Crippen molar-refractivity contribution in [2.75, 3.05) is 5.73 Å². The molecule has 102 valence electrons. The quantitative estimate of drug-likeness (QED) is 0.586. The molecule has 0 atom stereocenters. The van der Waals surface area contributed by atoms with E-state index in [1.807, 2.05) is 31.2 Å². The molecule has 0 spiro atoms. The Balaban J connectivity index is 2.10. The second-order valence-corrected chi connectivity index (χ2v) is 5.04.